The summed E-state index contributed by atoms with van der Waals surface area (Å²) in [7, 11) is 0. The number of anilines is 3. The number of para-hydroxylation sites is 2. The summed E-state index contributed by atoms with van der Waals surface area (Å²) in [6.45, 7) is 0. The standard InChI is InChI=1S/C40H27NO/c1-2-13-28(14-3-1)29-17-12-18-32(25-29)41(38-26-30-15-4-6-19-33(30)34-20-7-8-21-35(34)38)37-23-10-9-22-36(37)40-27-31-16-5-11-24-39(31)42-40/h1-27H. The Balaban J connectivity index is 1.43. The summed E-state index contributed by atoms with van der Waals surface area (Å²) in [5.41, 5.74) is 7.55. The number of fused-ring (bicyclic) bond motifs is 4. The zero-order valence-electron chi connectivity index (χ0n) is 22.9. The van der Waals surface area contributed by atoms with Crippen LogP contribution in [0.25, 0.3) is 55.0 Å². The summed E-state index contributed by atoms with van der Waals surface area (Å²) >= 11 is 0. The Morgan fingerprint density at radius 2 is 1.07 bits per heavy atom. The number of hydrogen-bond acceptors (Lipinski definition) is 2. The highest BCUT2D eigenvalue weighted by atomic mass is 16.3. The molecule has 0 unspecified atom stereocenters. The van der Waals surface area contributed by atoms with Gasteiger partial charge in [0.1, 0.15) is 11.3 Å². The highest BCUT2D eigenvalue weighted by Gasteiger charge is 2.22. The molecule has 0 aliphatic rings. The van der Waals surface area contributed by atoms with Gasteiger partial charge in [-0.15, -0.1) is 0 Å². The zero-order valence-corrected chi connectivity index (χ0v) is 22.9. The third kappa shape index (κ3) is 4.13. The first-order valence-electron chi connectivity index (χ1n) is 14.3. The highest BCUT2D eigenvalue weighted by Crippen LogP contribution is 2.46. The van der Waals surface area contributed by atoms with E-state index in [2.05, 4.69) is 157 Å². The molecule has 2 nitrogen and oxygen atoms in total. The highest BCUT2D eigenvalue weighted by molar-refractivity contribution is 6.15. The van der Waals surface area contributed by atoms with E-state index in [0.717, 1.165) is 39.4 Å². The molecule has 0 aliphatic carbocycles. The van der Waals surface area contributed by atoms with Crippen LogP contribution in [0.15, 0.2) is 168 Å². The van der Waals surface area contributed by atoms with E-state index >= 15 is 0 Å². The fourth-order valence-corrected chi connectivity index (χ4v) is 6.07. The third-order valence-electron chi connectivity index (χ3n) is 8.03. The van der Waals surface area contributed by atoms with Gasteiger partial charge in [0.25, 0.3) is 0 Å². The number of hydrogen-bond donors (Lipinski definition) is 0. The zero-order chi connectivity index (χ0) is 27.9. The molecule has 8 rings (SSSR count). The first-order valence-corrected chi connectivity index (χ1v) is 14.3. The fourth-order valence-electron chi connectivity index (χ4n) is 6.07. The van der Waals surface area contributed by atoms with Crippen molar-refractivity contribution in [3.8, 4) is 22.5 Å². The maximum Gasteiger partial charge on any atom is 0.137 e. The molecule has 42 heavy (non-hydrogen) atoms. The Morgan fingerprint density at radius 3 is 1.93 bits per heavy atom. The topological polar surface area (TPSA) is 16.4 Å². The molecule has 0 saturated heterocycles. The molecule has 1 aromatic heterocycles. The first kappa shape index (κ1) is 24.2. The van der Waals surface area contributed by atoms with Crippen LogP contribution in [0.5, 0.6) is 0 Å². The lowest BCUT2D eigenvalue weighted by Gasteiger charge is -2.29. The molecule has 0 aliphatic heterocycles. The molecular formula is C40H27NO. The van der Waals surface area contributed by atoms with Crippen molar-refractivity contribution in [2.75, 3.05) is 4.90 Å². The molecule has 0 spiro atoms. The van der Waals surface area contributed by atoms with Crippen LogP contribution in [0.2, 0.25) is 0 Å². The van der Waals surface area contributed by atoms with Gasteiger partial charge >= 0.3 is 0 Å². The first-order chi connectivity index (χ1) is 20.8. The summed E-state index contributed by atoms with van der Waals surface area (Å²) in [6, 6.07) is 58.0. The van der Waals surface area contributed by atoms with Crippen LogP contribution in [0.3, 0.4) is 0 Å². The Hall–Kier alpha value is -5.60. The van der Waals surface area contributed by atoms with E-state index in [-0.39, 0.29) is 0 Å². The Kier molecular flexibility index (Phi) is 5.82. The number of nitrogens with zero attached hydrogens (tertiary/aromatic N) is 1. The molecular weight excluding hydrogens is 510 g/mol. The van der Waals surface area contributed by atoms with E-state index < -0.39 is 0 Å². The molecule has 8 aromatic rings. The van der Waals surface area contributed by atoms with Gasteiger partial charge in [-0.1, -0.05) is 121 Å². The number of furan rings is 1. The monoisotopic (exact) mass is 537 g/mol. The molecule has 2 heteroatoms. The summed E-state index contributed by atoms with van der Waals surface area (Å²) in [5, 5.41) is 5.98. The van der Waals surface area contributed by atoms with Crippen molar-refractivity contribution < 1.29 is 4.42 Å². The van der Waals surface area contributed by atoms with Crippen LogP contribution in [0.4, 0.5) is 17.1 Å². The SMILES string of the molecule is c1ccc(-c2cccc(N(c3ccccc3-c3cc4ccccc4o3)c3cc4ccccc4c4ccccc34)c2)cc1. The smallest absolute Gasteiger partial charge is 0.137 e. The maximum atomic E-state index is 6.44. The van der Waals surface area contributed by atoms with Gasteiger partial charge in [-0.2, -0.15) is 0 Å². The molecule has 7 aromatic carbocycles. The van der Waals surface area contributed by atoms with Crippen molar-refractivity contribution in [2.24, 2.45) is 0 Å². The lowest BCUT2D eigenvalue weighted by Crippen LogP contribution is -2.12. The second-order valence-corrected chi connectivity index (χ2v) is 10.6. The Bertz CT molecular complexity index is 2180. The summed E-state index contributed by atoms with van der Waals surface area (Å²) in [6.07, 6.45) is 0. The van der Waals surface area contributed by atoms with Crippen LogP contribution in [0.1, 0.15) is 0 Å². The van der Waals surface area contributed by atoms with Crippen molar-refractivity contribution in [1.29, 1.82) is 0 Å². The summed E-state index contributed by atoms with van der Waals surface area (Å²) in [5.74, 6) is 0.848. The minimum atomic E-state index is 0.848. The van der Waals surface area contributed by atoms with Crippen LogP contribution in [-0.4, -0.2) is 0 Å². The summed E-state index contributed by atoms with van der Waals surface area (Å²) in [4.78, 5) is 2.39. The minimum absolute atomic E-state index is 0.848. The quantitative estimate of drug-likeness (QED) is 0.203. The van der Waals surface area contributed by atoms with Gasteiger partial charge in [-0.05, 0) is 69.8 Å². The van der Waals surface area contributed by atoms with Crippen molar-refractivity contribution in [2.45, 2.75) is 0 Å². The van der Waals surface area contributed by atoms with Crippen LogP contribution in [0, 0.1) is 0 Å². The van der Waals surface area contributed by atoms with Gasteiger partial charge in [-0.25, -0.2) is 0 Å². The molecule has 0 radical (unpaired) electrons. The van der Waals surface area contributed by atoms with E-state index in [1.807, 2.05) is 12.1 Å². The van der Waals surface area contributed by atoms with E-state index in [0.29, 0.717) is 0 Å². The maximum absolute atomic E-state index is 6.44. The predicted octanol–water partition coefficient (Wildman–Crippen LogP) is 11.5. The van der Waals surface area contributed by atoms with E-state index in [4.69, 9.17) is 4.42 Å². The molecule has 0 N–H and O–H groups in total. The third-order valence-corrected chi connectivity index (χ3v) is 8.03. The average Bonchev–Trinajstić information content (AvgIpc) is 3.50. The van der Waals surface area contributed by atoms with Gasteiger partial charge in [0.15, 0.2) is 0 Å². The largest absolute Gasteiger partial charge is 0.456 e. The van der Waals surface area contributed by atoms with Crippen molar-refractivity contribution in [3.05, 3.63) is 164 Å². The van der Waals surface area contributed by atoms with Gasteiger partial charge in [0.05, 0.1) is 11.4 Å². The van der Waals surface area contributed by atoms with Crippen molar-refractivity contribution in [3.63, 3.8) is 0 Å². The van der Waals surface area contributed by atoms with E-state index in [1.165, 1.54) is 32.7 Å². The Labute approximate surface area is 244 Å². The number of benzene rings is 7. The van der Waals surface area contributed by atoms with Gasteiger partial charge in [-0.3, -0.25) is 0 Å². The van der Waals surface area contributed by atoms with Gasteiger partial charge < -0.3 is 9.32 Å². The molecule has 0 saturated carbocycles. The summed E-state index contributed by atoms with van der Waals surface area (Å²) < 4.78 is 6.44. The van der Waals surface area contributed by atoms with Crippen molar-refractivity contribution >= 4 is 49.6 Å². The van der Waals surface area contributed by atoms with E-state index in [9.17, 15) is 0 Å². The second-order valence-electron chi connectivity index (χ2n) is 10.6. The second kappa shape index (κ2) is 10.1. The van der Waals surface area contributed by atoms with Crippen molar-refractivity contribution in [1.82, 2.24) is 0 Å². The Morgan fingerprint density at radius 1 is 0.405 bits per heavy atom. The van der Waals surface area contributed by atoms with Crippen LogP contribution in [-0.2, 0) is 0 Å². The van der Waals surface area contributed by atoms with Crippen LogP contribution >= 0.6 is 0 Å². The minimum Gasteiger partial charge on any atom is -0.456 e. The fraction of sp³-hybridized carbons (Fsp3) is 0. The molecule has 0 fully saturated rings. The predicted molar refractivity (Wildman–Crippen MR) is 177 cm³/mol. The molecule has 198 valence electrons. The normalized spacial score (nSPS) is 11.3. The molecule has 0 bridgehead atoms. The molecule has 1 heterocycles. The average molecular weight is 538 g/mol. The van der Waals surface area contributed by atoms with Gasteiger partial charge in [0.2, 0.25) is 0 Å². The van der Waals surface area contributed by atoms with E-state index in [1.54, 1.807) is 0 Å². The lowest BCUT2D eigenvalue weighted by molar-refractivity contribution is 0.631. The molecule has 0 atom stereocenters. The lowest BCUT2D eigenvalue weighted by atomic mass is 9.97. The molecule has 0 amide bonds. The van der Waals surface area contributed by atoms with Crippen LogP contribution < -0.4 is 4.90 Å². The van der Waals surface area contributed by atoms with Gasteiger partial charge in [0, 0.05) is 22.0 Å². The number of rotatable bonds is 5.